The molecule has 0 saturated heterocycles. The molecule has 0 saturated carbocycles. The zero-order valence-electron chi connectivity index (χ0n) is 18.6. The molecule has 0 aliphatic rings. The van der Waals surface area contributed by atoms with Gasteiger partial charge >= 0.3 is 5.97 Å². The topological polar surface area (TPSA) is 73.2 Å². The fourth-order valence-corrected chi connectivity index (χ4v) is 4.33. The molecule has 1 amide bonds. The first-order chi connectivity index (χ1) is 16.0. The van der Waals surface area contributed by atoms with Crippen LogP contribution >= 0.6 is 11.8 Å². The number of fused-ring (bicyclic) bond motifs is 1. The summed E-state index contributed by atoms with van der Waals surface area (Å²) in [6, 6.07) is 23.7. The Morgan fingerprint density at radius 2 is 1.79 bits per heavy atom. The van der Waals surface area contributed by atoms with Crippen molar-refractivity contribution in [3.8, 4) is 0 Å². The molecule has 0 fully saturated rings. The molecule has 0 aliphatic carbocycles. The van der Waals surface area contributed by atoms with E-state index in [1.165, 1.54) is 17.3 Å². The van der Waals surface area contributed by atoms with Crippen molar-refractivity contribution in [3.05, 3.63) is 89.5 Å². The number of hydrogen-bond acceptors (Lipinski definition) is 5. The van der Waals surface area contributed by atoms with Crippen LogP contribution in [0.4, 0.5) is 5.69 Å². The molecular formula is C26H25N3O3S. The third-order valence-corrected chi connectivity index (χ3v) is 6.10. The second-order valence-electron chi connectivity index (χ2n) is 7.77. The first kappa shape index (κ1) is 22.6. The Hall–Kier alpha value is -3.58. The van der Waals surface area contributed by atoms with Crippen LogP contribution < -0.4 is 5.32 Å². The summed E-state index contributed by atoms with van der Waals surface area (Å²) in [5.41, 5.74) is 5.89. The molecular weight excluding hydrogens is 434 g/mol. The van der Waals surface area contributed by atoms with Crippen molar-refractivity contribution in [1.82, 2.24) is 9.55 Å². The summed E-state index contributed by atoms with van der Waals surface area (Å²) < 4.78 is 7.28. The molecule has 0 radical (unpaired) electrons. The first-order valence-corrected chi connectivity index (χ1v) is 11.6. The normalized spacial score (nSPS) is 10.8. The van der Waals surface area contributed by atoms with Crippen LogP contribution in [0.3, 0.4) is 0 Å². The lowest BCUT2D eigenvalue weighted by atomic mass is 10.1. The van der Waals surface area contributed by atoms with Gasteiger partial charge in [0.2, 0.25) is 0 Å². The molecule has 0 spiro atoms. The fraction of sp³-hybridized carbons (Fsp3) is 0.192. The minimum Gasteiger partial charge on any atom is -0.455 e. The van der Waals surface area contributed by atoms with E-state index in [1.807, 2.05) is 61.5 Å². The van der Waals surface area contributed by atoms with Crippen LogP contribution in [0.5, 0.6) is 0 Å². The first-order valence-electron chi connectivity index (χ1n) is 10.6. The number of aromatic nitrogens is 2. The van der Waals surface area contributed by atoms with Crippen LogP contribution in [-0.2, 0) is 20.9 Å². The molecule has 4 aromatic rings. The number of amides is 1. The zero-order valence-corrected chi connectivity index (χ0v) is 19.4. The summed E-state index contributed by atoms with van der Waals surface area (Å²) in [6.07, 6.45) is 0. The van der Waals surface area contributed by atoms with Crippen molar-refractivity contribution in [2.24, 2.45) is 0 Å². The maximum absolute atomic E-state index is 12.3. The predicted octanol–water partition coefficient (Wildman–Crippen LogP) is 4.98. The molecule has 3 aromatic carbocycles. The zero-order chi connectivity index (χ0) is 23.2. The van der Waals surface area contributed by atoms with Crippen LogP contribution in [0.15, 0.2) is 78.0 Å². The van der Waals surface area contributed by atoms with Gasteiger partial charge in [0.05, 0.1) is 23.3 Å². The van der Waals surface area contributed by atoms with Gasteiger partial charge < -0.3 is 14.6 Å². The number of esters is 1. The number of rotatable bonds is 8. The average Bonchev–Trinajstić information content (AvgIpc) is 3.15. The van der Waals surface area contributed by atoms with Gasteiger partial charge in [0, 0.05) is 5.69 Å². The number of thioether (sulfide) groups is 1. The number of aryl methyl sites for hydroxylation is 2. The maximum atomic E-state index is 12.3. The summed E-state index contributed by atoms with van der Waals surface area (Å²) in [5.74, 6) is -0.766. The summed E-state index contributed by atoms with van der Waals surface area (Å²) in [4.78, 5) is 29.1. The van der Waals surface area contributed by atoms with Crippen molar-refractivity contribution < 1.29 is 14.3 Å². The highest BCUT2D eigenvalue weighted by Crippen LogP contribution is 2.25. The second-order valence-corrected chi connectivity index (χ2v) is 8.71. The van der Waals surface area contributed by atoms with Gasteiger partial charge in [-0.15, -0.1) is 0 Å². The van der Waals surface area contributed by atoms with Gasteiger partial charge in [0.25, 0.3) is 5.91 Å². The molecule has 1 N–H and O–H groups in total. The van der Waals surface area contributed by atoms with E-state index in [0.717, 1.165) is 27.3 Å². The summed E-state index contributed by atoms with van der Waals surface area (Å²) in [5, 5.41) is 3.49. The van der Waals surface area contributed by atoms with Gasteiger partial charge in [0.15, 0.2) is 11.8 Å². The van der Waals surface area contributed by atoms with Crippen molar-refractivity contribution in [1.29, 1.82) is 0 Å². The quantitative estimate of drug-likeness (QED) is 0.297. The third kappa shape index (κ3) is 5.81. The minimum absolute atomic E-state index is 0.0643. The van der Waals surface area contributed by atoms with Crippen molar-refractivity contribution in [2.75, 3.05) is 17.7 Å². The number of hydrogen-bond donors (Lipinski definition) is 1. The van der Waals surface area contributed by atoms with E-state index in [-0.39, 0.29) is 18.3 Å². The van der Waals surface area contributed by atoms with E-state index >= 15 is 0 Å². The molecule has 168 valence electrons. The van der Waals surface area contributed by atoms with Crippen molar-refractivity contribution in [3.63, 3.8) is 0 Å². The number of para-hydroxylation sites is 3. The highest BCUT2D eigenvalue weighted by Gasteiger charge is 2.15. The summed E-state index contributed by atoms with van der Waals surface area (Å²) in [6.45, 7) is 4.30. The van der Waals surface area contributed by atoms with E-state index in [0.29, 0.717) is 12.2 Å². The highest BCUT2D eigenvalue weighted by molar-refractivity contribution is 7.99. The number of carbonyl (C=O) groups excluding carboxylic acids is 2. The van der Waals surface area contributed by atoms with Gasteiger partial charge in [-0.25, -0.2) is 4.98 Å². The number of imidazole rings is 1. The van der Waals surface area contributed by atoms with E-state index < -0.39 is 5.97 Å². The molecule has 4 rings (SSSR count). The number of anilines is 1. The van der Waals surface area contributed by atoms with Gasteiger partial charge in [-0.3, -0.25) is 9.59 Å². The number of nitrogens with one attached hydrogen (secondary N) is 1. The molecule has 0 atom stereocenters. The molecule has 0 aliphatic heterocycles. The Labute approximate surface area is 197 Å². The van der Waals surface area contributed by atoms with Crippen molar-refractivity contribution in [2.45, 2.75) is 25.5 Å². The van der Waals surface area contributed by atoms with E-state index in [9.17, 15) is 9.59 Å². The molecule has 33 heavy (non-hydrogen) atoms. The molecule has 6 nitrogen and oxygen atoms in total. The van der Waals surface area contributed by atoms with Crippen LogP contribution in [0.25, 0.3) is 11.0 Å². The lowest BCUT2D eigenvalue weighted by molar-refractivity contribution is -0.144. The molecule has 1 heterocycles. The van der Waals surface area contributed by atoms with Gasteiger partial charge in [0.1, 0.15) is 0 Å². The van der Waals surface area contributed by atoms with Gasteiger partial charge in [-0.05, 0) is 43.2 Å². The second kappa shape index (κ2) is 10.4. The molecule has 7 heteroatoms. The van der Waals surface area contributed by atoms with Gasteiger partial charge in [-0.1, -0.05) is 71.9 Å². The van der Waals surface area contributed by atoms with E-state index in [2.05, 4.69) is 35.0 Å². The highest BCUT2D eigenvalue weighted by atomic mass is 32.2. The molecule has 0 bridgehead atoms. The average molecular weight is 460 g/mol. The van der Waals surface area contributed by atoms with Crippen molar-refractivity contribution >= 4 is 40.4 Å². The Bertz CT molecular complexity index is 1300. The molecule has 1 aromatic heterocycles. The van der Waals surface area contributed by atoms with E-state index in [4.69, 9.17) is 9.72 Å². The standard InChI is InChI=1S/C26H25N3O3S/c1-18-8-7-10-20(14-18)15-29-23-13-6-5-12-22(23)28-26(29)33-17-25(31)32-16-24(30)27-21-11-4-3-9-19(21)2/h3-14H,15-17H2,1-2H3,(H,27,30). The Morgan fingerprint density at radius 3 is 2.61 bits per heavy atom. The summed E-state index contributed by atoms with van der Waals surface area (Å²) in [7, 11) is 0. The number of nitrogens with zero attached hydrogens (tertiary/aromatic N) is 2. The van der Waals surface area contributed by atoms with Gasteiger partial charge in [-0.2, -0.15) is 0 Å². The Kier molecular flexibility index (Phi) is 7.10. The monoisotopic (exact) mass is 459 g/mol. The molecule has 0 unspecified atom stereocenters. The summed E-state index contributed by atoms with van der Waals surface area (Å²) >= 11 is 1.31. The lowest BCUT2D eigenvalue weighted by Crippen LogP contribution is -2.22. The largest absolute Gasteiger partial charge is 0.455 e. The number of benzene rings is 3. The minimum atomic E-state index is -0.464. The Balaban J connectivity index is 1.39. The fourth-order valence-electron chi connectivity index (χ4n) is 3.52. The SMILES string of the molecule is Cc1cccc(Cn2c(SCC(=O)OCC(=O)Nc3ccccc3C)nc3ccccc32)c1. The van der Waals surface area contributed by atoms with Crippen LogP contribution in [0.1, 0.15) is 16.7 Å². The maximum Gasteiger partial charge on any atom is 0.316 e. The Morgan fingerprint density at radius 1 is 1.00 bits per heavy atom. The van der Waals surface area contributed by atoms with E-state index in [1.54, 1.807) is 0 Å². The van der Waals surface area contributed by atoms with Crippen LogP contribution in [0.2, 0.25) is 0 Å². The van der Waals surface area contributed by atoms with Crippen LogP contribution in [-0.4, -0.2) is 33.8 Å². The third-order valence-electron chi connectivity index (χ3n) is 5.15. The smallest absolute Gasteiger partial charge is 0.316 e. The predicted molar refractivity (Wildman–Crippen MR) is 132 cm³/mol. The number of ether oxygens (including phenoxy) is 1. The van der Waals surface area contributed by atoms with Crippen LogP contribution in [0, 0.1) is 13.8 Å². The number of carbonyl (C=O) groups is 2. The lowest BCUT2D eigenvalue weighted by Gasteiger charge is -2.10.